The summed E-state index contributed by atoms with van der Waals surface area (Å²) in [6.07, 6.45) is 3.31. The van der Waals surface area contributed by atoms with Crippen LogP contribution in [0.15, 0.2) is 67.0 Å². The normalized spacial score (nSPS) is 10.4. The second kappa shape index (κ2) is 8.30. The lowest BCUT2D eigenvalue weighted by atomic mass is 10.1. The highest BCUT2D eigenvalue weighted by Crippen LogP contribution is 2.12. The van der Waals surface area contributed by atoms with E-state index in [0.29, 0.717) is 18.7 Å². The van der Waals surface area contributed by atoms with Crippen molar-refractivity contribution in [2.45, 2.75) is 26.9 Å². The maximum absolute atomic E-state index is 12.4. The number of carbonyl (C=O) groups excluding carboxylic acids is 1. The maximum atomic E-state index is 12.4. The molecule has 1 aromatic heterocycles. The van der Waals surface area contributed by atoms with Gasteiger partial charge in [0, 0.05) is 25.5 Å². The number of hydrogen-bond donors (Lipinski definition) is 2. The molecule has 3 rings (SSSR count). The van der Waals surface area contributed by atoms with Gasteiger partial charge in [-0.05, 0) is 31.0 Å². The third kappa shape index (κ3) is 4.93. The Kier molecular flexibility index (Phi) is 5.64. The monoisotopic (exact) mass is 345 g/mol. The van der Waals surface area contributed by atoms with E-state index < -0.39 is 0 Å². The average molecular weight is 345 g/mol. The molecule has 0 saturated carbocycles. The van der Waals surface area contributed by atoms with E-state index in [1.165, 1.54) is 16.7 Å². The fourth-order valence-electron chi connectivity index (χ4n) is 2.68. The molecular formula is C22H23N3O. The quantitative estimate of drug-likeness (QED) is 0.702. The van der Waals surface area contributed by atoms with E-state index in [2.05, 4.69) is 40.7 Å². The van der Waals surface area contributed by atoms with E-state index in [1.54, 1.807) is 12.4 Å². The van der Waals surface area contributed by atoms with Crippen LogP contribution in [-0.2, 0) is 13.1 Å². The second-order valence-corrected chi connectivity index (χ2v) is 6.47. The summed E-state index contributed by atoms with van der Waals surface area (Å²) in [6.45, 7) is 5.31. The SMILES string of the molecule is Cc1ccc(CNC(=O)c2cncc(NCc3cccc(C)c3)c2)cc1. The van der Waals surface area contributed by atoms with Crippen LogP contribution in [0.5, 0.6) is 0 Å². The van der Waals surface area contributed by atoms with Crippen molar-refractivity contribution in [1.29, 1.82) is 0 Å². The third-order valence-corrected chi connectivity index (χ3v) is 4.15. The van der Waals surface area contributed by atoms with Crippen LogP contribution in [0.3, 0.4) is 0 Å². The molecule has 0 atom stereocenters. The number of pyridine rings is 1. The molecule has 1 heterocycles. The number of aryl methyl sites for hydroxylation is 2. The van der Waals surface area contributed by atoms with Crippen LogP contribution in [0, 0.1) is 13.8 Å². The molecule has 132 valence electrons. The summed E-state index contributed by atoms with van der Waals surface area (Å²) in [5, 5.41) is 6.26. The molecule has 4 nitrogen and oxygen atoms in total. The van der Waals surface area contributed by atoms with Gasteiger partial charge in [0.1, 0.15) is 0 Å². The summed E-state index contributed by atoms with van der Waals surface area (Å²) in [5.74, 6) is -0.128. The Labute approximate surface area is 154 Å². The standard InChI is InChI=1S/C22H23N3O/c1-16-6-8-18(9-7-16)12-25-22(26)20-11-21(15-23-14-20)24-13-19-5-3-4-17(2)10-19/h3-11,14-15,24H,12-13H2,1-2H3,(H,25,26). The Morgan fingerprint density at radius 1 is 0.885 bits per heavy atom. The van der Waals surface area contributed by atoms with Crippen LogP contribution in [-0.4, -0.2) is 10.9 Å². The predicted molar refractivity (Wildman–Crippen MR) is 105 cm³/mol. The number of benzene rings is 2. The van der Waals surface area contributed by atoms with Gasteiger partial charge >= 0.3 is 0 Å². The Bertz CT molecular complexity index is 888. The molecule has 0 aliphatic rings. The number of aromatic nitrogens is 1. The smallest absolute Gasteiger partial charge is 0.253 e. The molecule has 0 unspecified atom stereocenters. The largest absolute Gasteiger partial charge is 0.380 e. The number of hydrogen-bond acceptors (Lipinski definition) is 3. The van der Waals surface area contributed by atoms with Crippen LogP contribution < -0.4 is 10.6 Å². The molecule has 0 fully saturated rings. The highest BCUT2D eigenvalue weighted by molar-refractivity contribution is 5.94. The average Bonchev–Trinajstić information content (AvgIpc) is 2.66. The minimum Gasteiger partial charge on any atom is -0.380 e. The molecule has 0 aliphatic heterocycles. The Morgan fingerprint density at radius 3 is 2.46 bits per heavy atom. The molecule has 26 heavy (non-hydrogen) atoms. The molecule has 4 heteroatoms. The van der Waals surface area contributed by atoms with Crippen molar-refractivity contribution in [3.8, 4) is 0 Å². The molecule has 0 bridgehead atoms. The van der Waals surface area contributed by atoms with Gasteiger partial charge in [-0.3, -0.25) is 9.78 Å². The van der Waals surface area contributed by atoms with Crippen molar-refractivity contribution in [2.75, 3.05) is 5.32 Å². The first-order valence-corrected chi connectivity index (χ1v) is 8.68. The van der Waals surface area contributed by atoms with Crippen molar-refractivity contribution in [1.82, 2.24) is 10.3 Å². The van der Waals surface area contributed by atoms with E-state index >= 15 is 0 Å². The summed E-state index contributed by atoms with van der Waals surface area (Å²) in [4.78, 5) is 16.6. The molecular weight excluding hydrogens is 322 g/mol. The van der Waals surface area contributed by atoms with Gasteiger partial charge in [0.25, 0.3) is 5.91 Å². The highest BCUT2D eigenvalue weighted by Gasteiger charge is 2.07. The van der Waals surface area contributed by atoms with E-state index in [4.69, 9.17) is 0 Å². The zero-order valence-corrected chi connectivity index (χ0v) is 15.1. The molecule has 0 saturated heterocycles. The lowest BCUT2D eigenvalue weighted by Crippen LogP contribution is -2.23. The maximum Gasteiger partial charge on any atom is 0.253 e. The number of anilines is 1. The number of nitrogens with one attached hydrogen (secondary N) is 2. The number of amides is 1. The fourth-order valence-corrected chi connectivity index (χ4v) is 2.68. The first-order valence-electron chi connectivity index (χ1n) is 8.68. The molecule has 0 spiro atoms. The lowest BCUT2D eigenvalue weighted by Gasteiger charge is -2.09. The van der Waals surface area contributed by atoms with Gasteiger partial charge in [-0.15, -0.1) is 0 Å². The van der Waals surface area contributed by atoms with Crippen LogP contribution in [0.2, 0.25) is 0 Å². The molecule has 0 radical (unpaired) electrons. The topological polar surface area (TPSA) is 54.0 Å². The number of nitrogens with zero attached hydrogens (tertiary/aromatic N) is 1. The number of rotatable bonds is 6. The molecule has 2 N–H and O–H groups in total. The minimum atomic E-state index is -0.128. The van der Waals surface area contributed by atoms with E-state index in [1.807, 2.05) is 43.3 Å². The van der Waals surface area contributed by atoms with Gasteiger partial charge in [-0.25, -0.2) is 0 Å². The van der Waals surface area contributed by atoms with Crippen LogP contribution >= 0.6 is 0 Å². The number of carbonyl (C=O) groups is 1. The fraction of sp³-hybridized carbons (Fsp3) is 0.182. The van der Waals surface area contributed by atoms with Gasteiger partial charge in [0.15, 0.2) is 0 Å². The van der Waals surface area contributed by atoms with E-state index in [-0.39, 0.29) is 5.91 Å². The molecule has 1 amide bonds. The summed E-state index contributed by atoms with van der Waals surface area (Å²) in [5.41, 5.74) is 6.08. The zero-order chi connectivity index (χ0) is 18.4. The predicted octanol–water partition coefficient (Wildman–Crippen LogP) is 4.24. The molecule has 2 aromatic carbocycles. The van der Waals surface area contributed by atoms with Gasteiger partial charge in [-0.1, -0.05) is 59.7 Å². The van der Waals surface area contributed by atoms with Crippen molar-refractivity contribution >= 4 is 11.6 Å². The van der Waals surface area contributed by atoms with Gasteiger partial charge < -0.3 is 10.6 Å². The van der Waals surface area contributed by atoms with Gasteiger partial charge in [-0.2, -0.15) is 0 Å². The summed E-state index contributed by atoms with van der Waals surface area (Å²) >= 11 is 0. The zero-order valence-electron chi connectivity index (χ0n) is 15.1. The summed E-state index contributed by atoms with van der Waals surface area (Å²) in [7, 11) is 0. The Balaban J connectivity index is 1.59. The summed E-state index contributed by atoms with van der Waals surface area (Å²) < 4.78 is 0. The minimum absolute atomic E-state index is 0.128. The van der Waals surface area contributed by atoms with Crippen LogP contribution in [0.1, 0.15) is 32.6 Å². The highest BCUT2D eigenvalue weighted by atomic mass is 16.1. The molecule has 0 aliphatic carbocycles. The van der Waals surface area contributed by atoms with Gasteiger partial charge in [0.2, 0.25) is 0 Å². The third-order valence-electron chi connectivity index (χ3n) is 4.15. The summed E-state index contributed by atoms with van der Waals surface area (Å²) in [6, 6.07) is 18.3. The Morgan fingerprint density at radius 2 is 1.69 bits per heavy atom. The van der Waals surface area contributed by atoms with E-state index in [0.717, 1.165) is 11.3 Å². The van der Waals surface area contributed by atoms with Crippen LogP contribution in [0.25, 0.3) is 0 Å². The second-order valence-electron chi connectivity index (χ2n) is 6.47. The van der Waals surface area contributed by atoms with Crippen molar-refractivity contribution < 1.29 is 4.79 Å². The van der Waals surface area contributed by atoms with Gasteiger partial charge in [0.05, 0.1) is 11.3 Å². The lowest BCUT2D eigenvalue weighted by molar-refractivity contribution is 0.0950. The van der Waals surface area contributed by atoms with Crippen molar-refractivity contribution in [2.24, 2.45) is 0 Å². The van der Waals surface area contributed by atoms with E-state index in [9.17, 15) is 4.79 Å². The van der Waals surface area contributed by atoms with Crippen molar-refractivity contribution in [3.63, 3.8) is 0 Å². The van der Waals surface area contributed by atoms with Crippen LogP contribution in [0.4, 0.5) is 5.69 Å². The Hall–Kier alpha value is -3.14. The van der Waals surface area contributed by atoms with Crippen molar-refractivity contribution in [3.05, 3.63) is 94.8 Å². The first kappa shape index (κ1) is 17.7. The molecule has 3 aromatic rings. The first-order chi connectivity index (χ1) is 12.6.